The molecule has 9 heteroatoms. The largest absolute Gasteiger partial charge is 0.433 e. The van der Waals surface area contributed by atoms with Gasteiger partial charge in [0, 0.05) is 12.6 Å². The number of nitrogens with one attached hydrogen (secondary N) is 2. The van der Waals surface area contributed by atoms with Crippen LogP contribution in [0.15, 0.2) is 6.07 Å². The highest BCUT2D eigenvalue weighted by Crippen LogP contribution is 2.29. The zero-order valence-corrected chi connectivity index (χ0v) is 11.3. The molecule has 1 aromatic heterocycles. The van der Waals surface area contributed by atoms with Crippen LogP contribution in [0.5, 0.6) is 0 Å². The van der Waals surface area contributed by atoms with Crippen LogP contribution in [-0.4, -0.2) is 27.2 Å². The molecule has 0 aliphatic heterocycles. The van der Waals surface area contributed by atoms with Crippen LogP contribution in [0, 0.1) is 0 Å². The molecular weight excluding hydrogens is 275 g/mol. The first-order chi connectivity index (χ1) is 9.24. The molecule has 1 rings (SSSR count). The van der Waals surface area contributed by atoms with Crippen molar-refractivity contribution < 1.29 is 18.3 Å². The average molecular weight is 293 g/mol. The van der Waals surface area contributed by atoms with E-state index in [1.54, 1.807) is 13.8 Å². The maximum atomic E-state index is 12.7. The fraction of sp³-hybridized carbons (Fsp3) is 0.636. The van der Waals surface area contributed by atoms with E-state index < -0.39 is 17.5 Å². The molecular formula is C11H18F3N5O. The molecule has 0 aromatic carbocycles. The summed E-state index contributed by atoms with van der Waals surface area (Å²) in [5.41, 5.74) is -0.132. The lowest BCUT2D eigenvalue weighted by molar-refractivity contribution is -0.141. The number of halogens is 3. The first kappa shape index (κ1) is 16.4. The third-order valence-electron chi connectivity index (χ3n) is 3.06. The highest BCUT2D eigenvalue weighted by Gasteiger charge is 2.34. The van der Waals surface area contributed by atoms with Gasteiger partial charge in [-0.15, -0.1) is 0 Å². The summed E-state index contributed by atoms with van der Waals surface area (Å²) in [7, 11) is 0. The Morgan fingerprint density at radius 2 is 1.85 bits per heavy atom. The first-order valence-corrected chi connectivity index (χ1v) is 6.13. The molecule has 0 aliphatic carbocycles. The van der Waals surface area contributed by atoms with E-state index in [2.05, 4.69) is 15.3 Å². The Balaban J connectivity index is 2.95. The van der Waals surface area contributed by atoms with Crippen LogP contribution in [0.25, 0.3) is 0 Å². The summed E-state index contributed by atoms with van der Waals surface area (Å²) in [5.74, 6) is 4.64. The van der Waals surface area contributed by atoms with Gasteiger partial charge in [-0.05, 0) is 12.8 Å². The van der Waals surface area contributed by atoms with Gasteiger partial charge in [-0.2, -0.15) is 18.2 Å². The van der Waals surface area contributed by atoms with E-state index in [4.69, 9.17) is 5.84 Å². The molecule has 0 aliphatic rings. The number of aromatic nitrogens is 2. The summed E-state index contributed by atoms with van der Waals surface area (Å²) < 4.78 is 38.0. The summed E-state index contributed by atoms with van der Waals surface area (Å²) in [6, 6.07) is 0.770. The Hall–Kier alpha value is -1.61. The highest BCUT2D eigenvalue weighted by molar-refractivity contribution is 5.42. The molecule has 20 heavy (non-hydrogen) atoms. The zero-order valence-electron chi connectivity index (χ0n) is 11.3. The molecule has 114 valence electrons. The van der Waals surface area contributed by atoms with Crippen molar-refractivity contribution >= 4 is 11.8 Å². The molecule has 1 heterocycles. The number of anilines is 2. The van der Waals surface area contributed by atoms with E-state index in [1.807, 2.05) is 5.43 Å². The minimum atomic E-state index is -4.60. The van der Waals surface area contributed by atoms with Crippen LogP contribution >= 0.6 is 0 Å². The second-order valence-corrected chi connectivity index (χ2v) is 4.39. The van der Waals surface area contributed by atoms with Gasteiger partial charge in [0.2, 0.25) is 5.95 Å². The summed E-state index contributed by atoms with van der Waals surface area (Å²) in [6.45, 7) is 3.66. The van der Waals surface area contributed by atoms with Gasteiger partial charge in [0.05, 0.1) is 5.60 Å². The monoisotopic (exact) mass is 293 g/mol. The fourth-order valence-corrected chi connectivity index (χ4v) is 1.50. The molecule has 0 atom stereocenters. The van der Waals surface area contributed by atoms with Crippen LogP contribution in [0.3, 0.4) is 0 Å². The Morgan fingerprint density at radius 3 is 2.30 bits per heavy atom. The quantitative estimate of drug-likeness (QED) is 0.471. The van der Waals surface area contributed by atoms with Crippen LogP contribution in [-0.2, 0) is 6.18 Å². The molecule has 0 saturated carbocycles. The molecule has 0 spiro atoms. The van der Waals surface area contributed by atoms with E-state index >= 15 is 0 Å². The van der Waals surface area contributed by atoms with E-state index in [0.29, 0.717) is 12.8 Å². The van der Waals surface area contributed by atoms with Crippen molar-refractivity contribution in [3.05, 3.63) is 11.8 Å². The van der Waals surface area contributed by atoms with Crippen LogP contribution in [0.2, 0.25) is 0 Å². The second kappa shape index (κ2) is 6.23. The van der Waals surface area contributed by atoms with Crippen molar-refractivity contribution in [1.82, 2.24) is 9.97 Å². The van der Waals surface area contributed by atoms with E-state index in [9.17, 15) is 18.3 Å². The van der Waals surface area contributed by atoms with Crippen LogP contribution in [0.4, 0.5) is 24.9 Å². The SMILES string of the molecule is CCC(O)(CC)CNc1cc(C(F)(F)F)nc(NN)n1. The van der Waals surface area contributed by atoms with E-state index in [0.717, 1.165) is 6.07 Å². The van der Waals surface area contributed by atoms with Crippen molar-refractivity contribution in [3.8, 4) is 0 Å². The second-order valence-electron chi connectivity index (χ2n) is 4.39. The molecule has 1 aromatic rings. The van der Waals surface area contributed by atoms with Crippen molar-refractivity contribution in [2.24, 2.45) is 5.84 Å². The fourth-order valence-electron chi connectivity index (χ4n) is 1.50. The predicted octanol–water partition coefficient (Wildman–Crippen LogP) is 1.74. The normalized spacial score (nSPS) is 12.3. The van der Waals surface area contributed by atoms with Gasteiger partial charge in [-0.3, -0.25) is 5.43 Å². The number of hydrogen-bond donors (Lipinski definition) is 4. The van der Waals surface area contributed by atoms with Gasteiger partial charge in [0.1, 0.15) is 5.82 Å². The number of nitrogens with zero attached hydrogens (tertiary/aromatic N) is 2. The Bertz CT molecular complexity index is 448. The average Bonchev–Trinajstić information content (AvgIpc) is 2.43. The molecule has 0 radical (unpaired) electrons. The number of rotatable bonds is 6. The molecule has 5 N–H and O–H groups in total. The Kier molecular flexibility index (Phi) is 5.12. The molecule has 6 nitrogen and oxygen atoms in total. The third-order valence-corrected chi connectivity index (χ3v) is 3.06. The number of hydrazine groups is 1. The third kappa shape index (κ3) is 4.20. The maximum Gasteiger partial charge on any atom is 0.433 e. The molecule has 0 amide bonds. The molecule has 0 saturated heterocycles. The van der Waals surface area contributed by atoms with Gasteiger partial charge in [-0.25, -0.2) is 10.8 Å². The Morgan fingerprint density at radius 1 is 1.25 bits per heavy atom. The summed E-state index contributed by atoms with van der Waals surface area (Å²) in [6.07, 6.45) is -3.66. The standard InChI is InChI=1S/C11H18F3N5O/c1-3-10(20,4-2)6-16-8-5-7(11(12,13)14)17-9(18-8)19-15/h5,20H,3-4,6,15H2,1-2H3,(H2,16,17,18,19). The number of nitrogens with two attached hydrogens (primary N) is 1. The lowest BCUT2D eigenvalue weighted by Crippen LogP contribution is -2.35. The predicted molar refractivity (Wildman–Crippen MR) is 68.9 cm³/mol. The van der Waals surface area contributed by atoms with Crippen molar-refractivity contribution in [3.63, 3.8) is 0 Å². The number of hydrogen-bond acceptors (Lipinski definition) is 6. The van der Waals surface area contributed by atoms with E-state index in [-0.39, 0.29) is 18.3 Å². The van der Waals surface area contributed by atoms with Crippen molar-refractivity contribution in [2.45, 2.75) is 38.5 Å². The number of alkyl halides is 3. The summed E-state index contributed by atoms with van der Waals surface area (Å²) in [5, 5.41) is 12.8. The van der Waals surface area contributed by atoms with E-state index in [1.165, 1.54) is 0 Å². The first-order valence-electron chi connectivity index (χ1n) is 6.13. The summed E-state index contributed by atoms with van der Waals surface area (Å²) in [4.78, 5) is 7.00. The van der Waals surface area contributed by atoms with Gasteiger partial charge in [-0.1, -0.05) is 13.8 Å². The molecule has 0 bridgehead atoms. The van der Waals surface area contributed by atoms with Crippen LogP contribution < -0.4 is 16.6 Å². The topological polar surface area (TPSA) is 96.1 Å². The Labute approximate surface area is 114 Å². The summed E-state index contributed by atoms with van der Waals surface area (Å²) >= 11 is 0. The minimum Gasteiger partial charge on any atom is -0.388 e. The minimum absolute atomic E-state index is 0.0550. The maximum absolute atomic E-state index is 12.7. The number of aliphatic hydroxyl groups is 1. The van der Waals surface area contributed by atoms with Gasteiger partial charge in [0.15, 0.2) is 5.69 Å². The highest BCUT2D eigenvalue weighted by atomic mass is 19.4. The lowest BCUT2D eigenvalue weighted by atomic mass is 9.98. The van der Waals surface area contributed by atoms with Crippen molar-refractivity contribution in [1.29, 1.82) is 0 Å². The van der Waals surface area contributed by atoms with Gasteiger partial charge in [0.25, 0.3) is 0 Å². The molecule has 0 fully saturated rings. The van der Waals surface area contributed by atoms with Gasteiger partial charge < -0.3 is 10.4 Å². The van der Waals surface area contributed by atoms with Crippen LogP contribution in [0.1, 0.15) is 32.4 Å². The zero-order chi connectivity index (χ0) is 15.4. The lowest BCUT2D eigenvalue weighted by Gasteiger charge is -2.25. The number of nitrogen functional groups attached to an aromatic ring is 1. The van der Waals surface area contributed by atoms with Gasteiger partial charge >= 0.3 is 6.18 Å². The smallest absolute Gasteiger partial charge is 0.388 e. The van der Waals surface area contributed by atoms with Crippen molar-refractivity contribution in [2.75, 3.05) is 17.3 Å². The molecule has 0 unspecified atom stereocenters.